The molecule has 10 heteroatoms. The molecule has 0 bridgehead atoms. The highest BCUT2D eigenvalue weighted by atomic mass is 35.5. The molecular formula is C25H28ClFN2O5S. The van der Waals surface area contributed by atoms with E-state index in [4.69, 9.17) is 21.1 Å². The van der Waals surface area contributed by atoms with E-state index in [1.165, 1.54) is 30.5 Å². The Kier molecular flexibility index (Phi) is 8.03. The largest absolute Gasteiger partial charge is 0.487 e. The average molecular weight is 523 g/mol. The SMILES string of the molecule is CC(COc1c(-c2ccc(S(C)(=O)=O)cc2)cnn(-c2ccc(F)c(Cl)c2)c1=O)COC(C)(C)C. The zero-order chi connectivity index (χ0) is 26.0. The number of sulfone groups is 1. The summed E-state index contributed by atoms with van der Waals surface area (Å²) in [4.78, 5) is 13.6. The van der Waals surface area contributed by atoms with Crippen molar-refractivity contribution in [2.75, 3.05) is 19.5 Å². The molecule has 188 valence electrons. The molecule has 3 aromatic rings. The van der Waals surface area contributed by atoms with Crippen molar-refractivity contribution in [3.63, 3.8) is 0 Å². The Hall–Kier alpha value is -2.75. The monoisotopic (exact) mass is 522 g/mol. The van der Waals surface area contributed by atoms with Crippen molar-refractivity contribution >= 4 is 21.4 Å². The molecule has 1 aromatic heterocycles. The molecule has 0 saturated heterocycles. The molecule has 2 aromatic carbocycles. The topological polar surface area (TPSA) is 87.5 Å². The zero-order valence-corrected chi connectivity index (χ0v) is 21.8. The summed E-state index contributed by atoms with van der Waals surface area (Å²) in [6.45, 7) is 8.41. The highest BCUT2D eigenvalue weighted by Gasteiger charge is 2.19. The van der Waals surface area contributed by atoms with Crippen LogP contribution in [0.4, 0.5) is 4.39 Å². The summed E-state index contributed by atoms with van der Waals surface area (Å²) < 4.78 is 50.2. The summed E-state index contributed by atoms with van der Waals surface area (Å²) in [5, 5.41) is 4.08. The van der Waals surface area contributed by atoms with Crippen LogP contribution in [0.2, 0.25) is 5.02 Å². The van der Waals surface area contributed by atoms with E-state index in [9.17, 15) is 17.6 Å². The van der Waals surface area contributed by atoms with E-state index in [1.54, 1.807) is 12.1 Å². The molecule has 0 saturated carbocycles. The molecule has 0 radical (unpaired) electrons. The number of halogens is 2. The molecular weight excluding hydrogens is 495 g/mol. The molecule has 0 amide bonds. The Morgan fingerprint density at radius 2 is 1.77 bits per heavy atom. The predicted molar refractivity (Wildman–Crippen MR) is 134 cm³/mol. The second-order valence-corrected chi connectivity index (χ2v) is 11.8. The van der Waals surface area contributed by atoms with Gasteiger partial charge in [0.05, 0.1) is 40.6 Å². The number of nitrogens with zero attached hydrogens (tertiary/aromatic N) is 2. The minimum atomic E-state index is -3.38. The van der Waals surface area contributed by atoms with Crippen LogP contribution in [0.5, 0.6) is 5.75 Å². The molecule has 0 fully saturated rings. The zero-order valence-electron chi connectivity index (χ0n) is 20.2. The maximum absolute atomic E-state index is 13.6. The number of hydrogen-bond acceptors (Lipinski definition) is 6. The normalized spacial score (nSPS) is 13.0. The number of hydrogen-bond donors (Lipinski definition) is 0. The van der Waals surface area contributed by atoms with Gasteiger partial charge in [0, 0.05) is 17.7 Å². The lowest BCUT2D eigenvalue weighted by Crippen LogP contribution is -2.27. The third-order valence-corrected chi connectivity index (χ3v) is 6.41. The van der Waals surface area contributed by atoms with Gasteiger partial charge in [-0.25, -0.2) is 12.8 Å². The molecule has 1 atom stereocenters. The standard InChI is InChI=1S/C25H28ClFN2O5S/c1-16(15-34-25(2,3)4)14-33-23-20(17-6-9-19(10-7-17)35(5,31)32)13-28-29(24(23)30)18-8-11-22(27)21(26)12-18/h6-13,16H,14-15H2,1-5H3. The quantitative estimate of drug-likeness (QED) is 0.417. The van der Waals surface area contributed by atoms with Gasteiger partial charge in [-0.3, -0.25) is 4.79 Å². The van der Waals surface area contributed by atoms with E-state index >= 15 is 0 Å². The van der Waals surface area contributed by atoms with Gasteiger partial charge in [-0.2, -0.15) is 9.78 Å². The van der Waals surface area contributed by atoms with Gasteiger partial charge in [-0.05, 0) is 56.7 Å². The van der Waals surface area contributed by atoms with Crippen LogP contribution in [0.25, 0.3) is 16.8 Å². The third-order valence-electron chi connectivity index (χ3n) is 4.99. The molecule has 1 unspecified atom stereocenters. The first-order valence-electron chi connectivity index (χ1n) is 10.9. The molecule has 3 rings (SSSR count). The van der Waals surface area contributed by atoms with Crippen LogP contribution in [0.3, 0.4) is 0 Å². The molecule has 35 heavy (non-hydrogen) atoms. The van der Waals surface area contributed by atoms with Crippen LogP contribution in [-0.4, -0.2) is 43.3 Å². The maximum Gasteiger partial charge on any atom is 0.314 e. The first kappa shape index (κ1) is 26.8. The average Bonchev–Trinajstić information content (AvgIpc) is 2.77. The highest BCUT2D eigenvalue weighted by molar-refractivity contribution is 7.90. The van der Waals surface area contributed by atoms with Crippen LogP contribution in [0.1, 0.15) is 27.7 Å². The van der Waals surface area contributed by atoms with Crippen LogP contribution in [0.15, 0.2) is 58.4 Å². The van der Waals surface area contributed by atoms with Gasteiger partial charge in [0.15, 0.2) is 15.6 Å². The molecule has 0 spiro atoms. The van der Waals surface area contributed by atoms with E-state index in [0.29, 0.717) is 17.7 Å². The number of benzene rings is 2. The molecule has 0 aliphatic heterocycles. The number of ether oxygens (including phenoxy) is 2. The second-order valence-electron chi connectivity index (χ2n) is 9.34. The van der Waals surface area contributed by atoms with Gasteiger partial charge < -0.3 is 9.47 Å². The van der Waals surface area contributed by atoms with Crippen molar-refractivity contribution in [3.05, 3.63) is 69.9 Å². The molecule has 7 nitrogen and oxygen atoms in total. The van der Waals surface area contributed by atoms with Crippen LogP contribution in [0, 0.1) is 11.7 Å². The van der Waals surface area contributed by atoms with Crippen molar-refractivity contribution in [2.24, 2.45) is 5.92 Å². The smallest absolute Gasteiger partial charge is 0.314 e. The Balaban J connectivity index is 2.03. The second kappa shape index (κ2) is 10.5. The van der Waals surface area contributed by atoms with E-state index in [2.05, 4.69) is 5.10 Å². The Labute approximate surface area is 209 Å². The van der Waals surface area contributed by atoms with E-state index in [1.807, 2.05) is 27.7 Å². The fraction of sp³-hybridized carbons (Fsp3) is 0.360. The predicted octanol–water partition coefficient (Wildman–Crippen LogP) is 4.93. The van der Waals surface area contributed by atoms with E-state index in [-0.39, 0.29) is 39.5 Å². The summed E-state index contributed by atoms with van der Waals surface area (Å²) in [7, 11) is -3.38. The van der Waals surface area contributed by atoms with Gasteiger partial charge in [-0.1, -0.05) is 30.7 Å². The van der Waals surface area contributed by atoms with Gasteiger partial charge in [0.1, 0.15) is 5.82 Å². The third kappa shape index (κ3) is 6.90. The van der Waals surface area contributed by atoms with E-state index in [0.717, 1.165) is 17.0 Å². The number of rotatable bonds is 8. The lowest BCUT2D eigenvalue weighted by molar-refractivity contribution is -0.0258. The Morgan fingerprint density at radius 1 is 1.11 bits per heavy atom. The van der Waals surface area contributed by atoms with Gasteiger partial charge in [-0.15, -0.1) is 0 Å². The summed E-state index contributed by atoms with van der Waals surface area (Å²) in [6, 6.07) is 9.93. The maximum atomic E-state index is 13.6. The van der Waals surface area contributed by atoms with E-state index < -0.39 is 21.2 Å². The van der Waals surface area contributed by atoms with Gasteiger partial charge in [0.25, 0.3) is 0 Å². The summed E-state index contributed by atoms with van der Waals surface area (Å²) in [5.41, 5.74) is 0.338. The van der Waals surface area contributed by atoms with Crippen molar-refractivity contribution in [3.8, 4) is 22.6 Å². The van der Waals surface area contributed by atoms with Crippen LogP contribution >= 0.6 is 11.6 Å². The molecule has 0 aliphatic rings. The minimum absolute atomic E-state index is 0.0233. The van der Waals surface area contributed by atoms with Crippen molar-refractivity contribution < 1.29 is 22.3 Å². The Bertz CT molecular complexity index is 1370. The van der Waals surface area contributed by atoms with Gasteiger partial charge in [0.2, 0.25) is 0 Å². The van der Waals surface area contributed by atoms with Crippen molar-refractivity contribution in [2.45, 2.75) is 38.2 Å². The number of aromatic nitrogens is 2. The first-order chi connectivity index (χ1) is 16.3. The summed E-state index contributed by atoms with van der Waals surface area (Å²) >= 11 is 5.90. The lowest BCUT2D eigenvalue weighted by Gasteiger charge is -2.23. The van der Waals surface area contributed by atoms with Crippen molar-refractivity contribution in [1.29, 1.82) is 0 Å². The van der Waals surface area contributed by atoms with Crippen LogP contribution < -0.4 is 10.3 Å². The fourth-order valence-corrected chi connectivity index (χ4v) is 3.94. The lowest BCUT2D eigenvalue weighted by atomic mass is 10.1. The van der Waals surface area contributed by atoms with Crippen molar-refractivity contribution in [1.82, 2.24) is 9.78 Å². The summed E-state index contributed by atoms with van der Waals surface area (Å²) in [5.74, 6) is -0.624. The molecule has 0 N–H and O–H groups in total. The highest BCUT2D eigenvalue weighted by Crippen LogP contribution is 2.29. The van der Waals surface area contributed by atoms with Crippen LogP contribution in [-0.2, 0) is 14.6 Å². The fourth-order valence-electron chi connectivity index (χ4n) is 3.13. The summed E-state index contributed by atoms with van der Waals surface area (Å²) in [6.07, 6.45) is 2.56. The minimum Gasteiger partial charge on any atom is -0.487 e. The molecule has 1 heterocycles. The molecule has 0 aliphatic carbocycles. The Morgan fingerprint density at radius 3 is 2.34 bits per heavy atom. The van der Waals surface area contributed by atoms with Gasteiger partial charge >= 0.3 is 5.56 Å². The first-order valence-corrected chi connectivity index (χ1v) is 13.2.